The van der Waals surface area contributed by atoms with E-state index in [2.05, 4.69) is 5.32 Å². The Morgan fingerprint density at radius 3 is 2.94 bits per heavy atom. The van der Waals surface area contributed by atoms with Gasteiger partial charge in [0.25, 0.3) is 0 Å². The molecule has 0 aromatic heterocycles. The summed E-state index contributed by atoms with van der Waals surface area (Å²) in [6, 6.07) is 6.00. The van der Waals surface area contributed by atoms with Crippen molar-refractivity contribution in [3.63, 3.8) is 0 Å². The van der Waals surface area contributed by atoms with Gasteiger partial charge in [0.05, 0.1) is 13.0 Å². The Bertz CT molecular complexity index is 355. The first kappa shape index (κ1) is 12.6. The first-order valence-corrected chi connectivity index (χ1v) is 5.14. The van der Waals surface area contributed by atoms with Crippen molar-refractivity contribution in [2.75, 3.05) is 13.7 Å². The third-order valence-electron chi connectivity index (χ3n) is 2.08. The van der Waals surface area contributed by atoms with Gasteiger partial charge in [-0.25, -0.2) is 4.39 Å². The van der Waals surface area contributed by atoms with E-state index < -0.39 is 0 Å². The van der Waals surface area contributed by atoms with Crippen molar-refractivity contribution >= 4 is 5.91 Å². The molecule has 0 spiro atoms. The molecule has 0 aliphatic rings. The minimum absolute atomic E-state index is 0.0361. The van der Waals surface area contributed by atoms with Gasteiger partial charge in [0.1, 0.15) is 5.82 Å². The lowest BCUT2D eigenvalue weighted by Crippen LogP contribution is -2.36. The molecular formula is C12H16FNO2. The van der Waals surface area contributed by atoms with Crippen LogP contribution in [0.2, 0.25) is 0 Å². The van der Waals surface area contributed by atoms with E-state index >= 15 is 0 Å². The molecule has 0 saturated heterocycles. The second kappa shape index (κ2) is 6.23. The predicted octanol–water partition coefficient (Wildman–Crippen LogP) is 1.52. The molecule has 0 aliphatic carbocycles. The Kier molecular flexibility index (Phi) is 4.92. The predicted molar refractivity (Wildman–Crippen MR) is 59.6 cm³/mol. The van der Waals surface area contributed by atoms with E-state index in [1.54, 1.807) is 19.2 Å². The highest BCUT2D eigenvalue weighted by Gasteiger charge is 2.07. The first-order chi connectivity index (χ1) is 7.61. The van der Waals surface area contributed by atoms with Crippen LogP contribution < -0.4 is 5.32 Å². The smallest absolute Gasteiger partial charge is 0.224 e. The summed E-state index contributed by atoms with van der Waals surface area (Å²) in [6.07, 6.45) is 0.186. The maximum absolute atomic E-state index is 12.8. The van der Waals surface area contributed by atoms with E-state index in [0.717, 1.165) is 0 Å². The minimum Gasteiger partial charge on any atom is -0.383 e. The lowest BCUT2D eigenvalue weighted by Gasteiger charge is -2.12. The fourth-order valence-corrected chi connectivity index (χ4v) is 1.45. The third-order valence-corrected chi connectivity index (χ3v) is 2.08. The molecule has 0 unspecified atom stereocenters. The van der Waals surface area contributed by atoms with Crippen LogP contribution in [0.3, 0.4) is 0 Å². The van der Waals surface area contributed by atoms with E-state index in [0.29, 0.717) is 12.2 Å². The maximum Gasteiger partial charge on any atom is 0.224 e. The van der Waals surface area contributed by atoms with E-state index in [-0.39, 0.29) is 24.2 Å². The summed E-state index contributed by atoms with van der Waals surface area (Å²) in [5.74, 6) is -0.453. The van der Waals surface area contributed by atoms with Gasteiger partial charge in [0.15, 0.2) is 0 Å². The number of carbonyl (C=O) groups is 1. The van der Waals surface area contributed by atoms with Gasteiger partial charge in [-0.2, -0.15) is 0 Å². The third kappa shape index (κ3) is 4.40. The molecule has 0 radical (unpaired) electrons. The lowest BCUT2D eigenvalue weighted by atomic mass is 10.1. The number of nitrogens with one attached hydrogen (secondary N) is 1. The number of ether oxygens (including phenoxy) is 1. The lowest BCUT2D eigenvalue weighted by molar-refractivity contribution is -0.121. The van der Waals surface area contributed by atoms with Crippen molar-refractivity contribution in [2.24, 2.45) is 0 Å². The van der Waals surface area contributed by atoms with Crippen molar-refractivity contribution in [3.8, 4) is 0 Å². The number of carbonyl (C=O) groups excluding carboxylic acids is 1. The molecule has 16 heavy (non-hydrogen) atoms. The Morgan fingerprint density at radius 2 is 2.31 bits per heavy atom. The van der Waals surface area contributed by atoms with Crippen molar-refractivity contribution < 1.29 is 13.9 Å². The summed E-state index contributed by atoms with van der Waals surface area (Å²) in [7, 11) is 1.58. The summed E-state index contributed by atoms with van der Waals surface area (Å²) in [5, 5.41) is 2.76. The van der Waals surface area contributed by atoms with Crippen LogP contribution in [0.5, 0.6) is 0 Å². The number of amides is 1. The van der Waals surface area contributed by atoms with Gasteiger partial charge in [0, 0.05) is 13.2 Å². The van der Waals surface area contributed by atoms with E-state index in [4.69, 9.17) is 4.74 Å². The van der Waals surface area contributed by atoms with Gasteiger partial charge in [-0.05, 0) is 24.6 Å². The van der Waals surface area contributed by atoms with Gasteiger partial charge >= 0.3 is 0 Å². The van der Waals surface area contributed by atoms with Gasteiger partial charge in [-0.3, -0.25) is 4.79 Å². The average molecular weight is 225 g/mol. The molecule has 1 amide bonds. The number of hydrogen-bond donors (Lipinski definition) is 1. The molecule has 1 rings (SSSR count). The summed E-state index contributed by atoms with van der Waals surface area (Å²) in [4.78, 5) is 11.5. The molecule has 1 N–H and O–H groups in total. The highest BCUT2D eigenvalue weighted by molar-refractivity contribution is 5.78. The Labute approximate surface area is 94.6 Å². The van der Waals surface area contributed by atoms with E-state index in [1.165, 1.54) is 12.1 Å². The number of rotatable bonds is 5. The van der Waals surface area contributed by atoms with E-state index in [1.807, 2.05) is 6.92 Å². The summed E-state index contributed by atoms with van der Waals surface area (Å²) in [6.45, 7) is 2.32. The molecule has 3 nitrogen and oxygen atoms in total. The molecule has 0 bridgehead atoms. The van der Waals surface area contributed by atoms with Crippen LogP contribution >= 0.6 is 0 Å². The van der Waals surface area contributed by atoms with Gasteiger partial charge in [0.2, 0.25) is 5.91 Å². The SMILES string of the molecule is COC[C@@H](C)NC(=O)Cc1cccc(F)c1. The molecule has 0 aliphatic heterocycles. The Hall–Kier alpha value is -1.42. The molecule has 0 heterocycles. The van der Waals surface area contributed by atoms with Crippen LogP contribution in [0.4, 0.5) is 4.39 Å². The molecule has 1 aromatic rings. The number of hydrogen-bond acceptors (Lipinski definition) is 2. The summed E-state index contributed by atoms with van der Waals surface area (Å²) < 4.78 is 17.7. The standard InChI is InChI=1S/C12H16FNO2/c1-9(8-16-2)14-12(15)7-10-4-3-5-11(13)6-10/h3-6,9H,7-8H2,1-2H3,(H,14,15)/t9-/m1/s1. The first-order valence-electron chi connectivity index (χ1n) is 5.14. The zero-order valence-electron chi connectivity index (χ0n) is 9.50. The van der Waals surface area contributed by atoms with Crippen LogP contribution in [-0.4, -0.2) is 25.7 Å². The summed E-state index contributed by atoms with van der Waals surface area (Å²) in [5.41, 5.74) is 0.669. The largest absolute Gasteiger partial charge is 0.383 e. The van der Waals surface area contributed by atoms with Crippen LogP contribution in [0, 0.1) is 5.82 Å². The fraction of sp³-hybridized carbons (Fsp3) is 0.417. The highest BCUT2D eigenvalue weighted by atomic mass is 19.1. The number of benzene rings is 1. The van der Waals surface area contributed by atoms with Crippen molar-refractivity contribution in [3.05, 3.63) is 35.6 Å². The Morgan fingerprint density at radius 1 is 1.56 bits per heavy atom. The average Bonchev–Trinajstić information content (AvgIpc) is 2.17. The molecular weight excluding hydrogens is 209 g/mol. The van der Waals surface area contributed by atoms with Crippen LogP contribution in [0.25, 0.3) is 0 Å². The van der Waals surface area contributed by atoms with Crippen LogP contribution in [0.1, 0.15) is 12.5 Å². The zero-order valence-corrected chi connectivity index (χ0v) is 9.50. The second-order valence-corrected chi connectivity index (χ2v) is 3.73. The minimum atomic E-state index is -0.324. The second-order valence-electron chi connectivity index (χ2n) is 3.73. The van der Waals surface area contributed by atoms with Crippen LogP contribution in [-0.2, 0) is 16.0 Å². The van der Waals surface area contributed by atoms with Crippen LogP contribution in [0.15, 0.2) is 24.3 Å². The topological polar surface area (TPSA) is 38.3 Å². The molecule has 88 valence electrons. The Balaban J connectivity index is 2.45. The fourth-order valence-electron chi connectivity index (χ4n) is 1.45. The quantitative estimate of drug-likeness (QED) is 0.825. The molecule has 0 saturated carbocycles. The molecule has 0 fully saturated rings. The zero-order chi connectivity index (χ0) is 12.0. The molecule has 4 heteroatoms. The van der Waals surface area contributed by atoms with Crippen molar-refractivity contribution in [1.29, 1.82) is 0 Å². The normalized spacial score (nSPS) is 12.2. The maximum atomic E-state index is 12.8. The van der Waals surface area contributed by atoms with Crippen molar-refractivity contribution in [1.82, 2.24) is 5.32 Å². The van der Waals surface area contributed by atoms with Gasteiger partial charge in [-0.15, -0.1) is 0 Å². The van der Waals surface area contributed by atoms with Crippen molar-refractivity contribution in [2.45, 2.75) is 19.4 Å². The van der Waals surface area contributed by atoms with Gasteiger partial charge in [-0.1, -0.05) is 12.1 Å². The monoisotopic (exact) mass is 225 g/mol. The number of halogens is 1. The van der Waals surface area contributed by atoms with E-state index in [9.17, 15) is 9.18 Å². The summed E-state index contributed by atoms with van der Waals surface area (Å²) >= 11 is 0. The molecule has 1 aromatic carbocycles. The highest BCUT2D eigenvalue weighted by Crippen LogP contribution is 2.04. The molecule has 1 atom stereocenters. The van der Waals surface area contributed by atoms with Gasteiger partial charge < -0.3 is 10.1 Å². The number of methoxy groups -OCH3 is 1.